The van der Waals surface area contributed by atoms with Crippen molar-refractivity contribution in [2.24, 2.45) is 17.1 Å². The van der Waals surface area contributed by atoms with Crippen LogP contribution in [0.1, 0.15) is 40.0 Å². The molecule has 1 amide bonds. The number of nitrogens with two attached hydrogens (primary N) is 1. The lowest BCUT2D eigenvalue weighted by atomic mass is 9.76. The lowest BCUT2D eigenvalue weighted by Crippen LogP contribution is -2.41. The topological polar surface area (TPSA) is 80.4 Å². The third-order valence-electron chi connectivity index (χ3n) is 2.61. The molecule has 4 heteroatoms. The highest BCUT2D eigenvalue weighted by atomic mass is 16.4. The minimum atomic E-state index is -1.07. The second kappa shape index (κ2) is 4.98. The van der Waals surface area contributed by atoms with Gasteiger partial charge >= 0.3 is 5.97 Å². The molecule has 0 radical (unpaired) electrons. The lowest BCUT2D eigenvalue weighted by Gasteiger charge is -2.27. The SMILES string of the molecule is CCCCC(C(N)=O)C(C)(C)C(=O)O. The smallest absolute Gasteiger partial charge is 0.309 e. The quantitative estimate of drug-likeness (QED) is 0.681. The highest BCUT2D eigenvalue weighted by Gasteiger charge is 2.39. The Morgan fingerprint density at radius 1 is 1.43 bits per heavy atom. The van der Waals surface area contributed by atoms with Crippen molar-refractivity contribution in [3.63, 3.8) is 0 Å². The van der Waals surface area contributed by atoms with Gasteiger partial charge in [-0.05, 0) is 20.3 Å². The van der Waals surface area contributed by atoms with Gasteiger partial charge in [-0.3, -0.25) is 9.59 Å². The summed E-state index contributed by atoms with van der Waals surface area (Å²) in [6.45, 7) is 5.08. The molecule has 0 aliphatic carbocycles. The molecular formula is C10H19NO3. The Kier molecular flexibility index (Phi) is 4.60. The van der Waals surface area contributed by atoms with Gasteiger partial charge in [0.05, 0.1) is 11.3 Å². The van der Waals surface area contributed by atoms with Crippen LogP contribution in [-0.2, 0) is 9.59 Å². The Bertz CT molecular complexity index is 223. The number of hydrogen-bond donors (Lipinski definition) is 2. The van der Waals surface area contributed by atoms with E-state index in [0.717, 1.165) is 12.8 Å². The van der Waals surface area contributed by atoms with Gasteiger partial charge in [-0.2, -0.15) is 0 Å². The number of carboxylic acids is 1. The zero-order chi connectivity index (χ0) is 11.4. The number of unbranched alkanes of at least 4 members (excludes halogenated alkanes) is 1. The Morgan fingerprint density at radius 3 is 2.21 bits per heavy atom. The third kappa shape index (κ3) is 3.01. The summed E-state index contributed by atoms with van der Waals surface area (Å²) in [5.41, 5.74) is 4.13. The largest absolute Gasteiger partial charge is 0.481 e. The van der Waals surface area contributed by atoms with Crippen molar-refractivity contribution in [1.82, 2.24) is 0 Å². The summed E-state index contributed by atoms with van der Waals surface area (Å²) in [7, 11) is 0. The molecule has 0 rings (SSSR count). The van der Waals surface area contributed by atoms with E-state index in [-0.39, 0.29) is 0 Å². The molecule has 0 saturated carbocycles. The molecule has 82 valence electrons. The maximum absolute atomic E-state index is 11.1. The Labute approximate surface area is 84.5 Å². The number of amides is 1. The Morgan fingerprint density at radius 2 is 1.93 bits per heavy atom. The van der Waals surface area contributed by atoms with Crippen LogP contribution < -0.4 is 5.73 Å². The van der Waals surface area contributed by atoms with E-state index in [2.05, 4.69) is 0 Å². The van der Waals surface area contributed by atoms with Crippen LogP contribution in [0.4, 0.5) is 0 Å². The van der Waals surface area contributed by atoms with Crippen LogP contribution in [0.5, 0.6) is 0 Å². The normalized spacial score (nSPS) is 13.6. The van der Waals surface area contributed by atoms with Gasteiger partial charge in [0.2, 0.25) is 5.91 Å². The summed E-state index contributed by atoms with van der Waals surface area (Å²) in [5.74, 6) is -2.08. The molecule has 1 atom stereocenters. The van der Waals surface area contributed by atoms with Crippen LogP contribution in [0.15, 0.2) is 0 Å². The van der Waals surface area contributed by atoms with Crippen LogP contribution >= 0.6 is 0 Å². The first-order chi connectivity index (χ1) is 6.34. The van der Waals surface area contributed by atoms with Gasteiger partial charge in [-0.25, -0.2) is 0 Å². The fourth-order valence-corrected chi connectivity index (χ4v) is 1.42. The minimum absolute atomic E-state index is 0.522. The van der Waals surface area contributed by atoms with Crippen molar-refractivity contribution in [1.29, 1.82) is 0 Å². The molecular weight excluding hydrogens is 182 g/mol. The molecule has 0 heterocycles. The molecule has 1 unspecified atom stereocenters. The fourth-order valence-electron chi connectivity index (χ4n) is 1.42. The monoisotopic (exact) mass is 201 g/mol. The molecule has 0 aromatic rings. The van der Waals surface area contributed by atoms with Crippen LogP contribution in [0, 0.1) is 11.3 Å². The standard InChI is InChI=1S/C10H19NO3/c1-4-5-6-7(8(11)12)10(2,3)9(13)14/h7H,4-6H2,1-3H3,(H2,11,12)(H,13,14). The van der Waals surface area contributed by atoms with Gasteiger partial charge in [0, 0.05) is 0 Å². The van der Waals surface area contributed by atoms with Crippen LogP contribution in [-0.4, -0.2) is 17.0 Å². The first-order valence-corrected chi connectivity index (χ1v) is 4.86. The molecule has 14 heavy (non-hydrogen) atoms. The van der Waals surface area contributed by atoms with Crippen LogP contribution in [0.25, 0.3) is 0 Å². The molecule has 4 nitrogen and oxygen atoms in total. The molecule has 3 N–H and O–H groups in total. The van der Waals surface area contributed by atoms with Crippen LogP contribution in [0.2, 0.25) is 0 Å². The van der Waals surface area contributed by atoms with E-state index in [0.29, 0.717) is 6.42 Å². The van der Waals surface area contributed by atoms with Gasteiger partial charge in [0.15, 0.2) is 0 Å². The molecule has 0 spiro atoms. The van der Waals surface area contributed by atoms with E-state index >= 15 is 0 Å². The number of primary amides is 1. The number of aliphatic carboxylic acids is 1. The summed E-state index contributed by atoms with van der Waals surface area (Å²) in [6, 6.07) is 0. The van der Waals surface area contributed by atoms with E-state index in [4.69, 9.17) is 10.8 Å². The van der Waals surface area contributed by atoms with Crippen molar-refractivity contribution in [2.45, 2.75) is 40.0 Å². The van der Waals surface area contributed by atoms with Gasteiger partial charge in [0.1, 0.15) is 0 Å². The zero-order valence-electron chi connectivity index (χ0n) is 9.04. The average molecular weight is 201 g/mol. The van der Waals surface area contributed by atoms with Gasteiger partial charge in [-0.15, -0.1) is 0 Å². The zero-order valence-corrected chi connectivity index (χ0v) is 9.04. The van der Waals surface area contributed by atoms with Crippen molar-refractivity contribution in [3.8, 4) is 0 Å². The Hall–Kier alpha value is -1.06. The summed E-state index contributed by atoms with van der Waals surface area (Å²) in [5, 5.41) is 8.95. The molecule has 0 saturated heterocycles. The van der Waals surface area contributed by atoms with Crippen molar-refractivity contribution in [3.05, 3.63) is 0 Å². The highest BCUT2D eigenvalue weighted by Crippen LogP contribution is 2.30. The number of carbonyl (C=O) groups is 2. The maximum Gasteiger partial charge on any atom is 0.309 e. The highest BCUT2D eigenvalue weighted by molar-refractivity contribution is 5.85. The summed E-state index contributed by atoms with van der Waals surface area (Å²) in [4.78, 5) is 22.0. The number of carboxylic acid groups (broad SMARTS) is 1. The fraction of sp³-hybridized carbons (Fsp3) is 0.800. The summed E-state index contributed by atoms with van der Waals surface area (Å²) >= 11 is 0. The predicted octanol–water partition coefficient (Wildman–Crippen LogP) is 1.39. The number of hydrogen-bond acceptors (Lipinski definition) is 2. The summed E-state index contributed by atoms with van der Waals surface area (Å²) < 4.78 is 0. The molecule has 0 aromatic heterocycles. The lowest BCUT2D eigenvalue weighted by molar-refractivity contribution is -0.153. The minimum Gasteiger partial charge on any atom is -0.481 e. The molecule has 0 bridgehead atoms. The van der Waals surface area contributed by atoms with E-state index < -0.39 is 23.2 Å². The summed E-state index contributed by atoms with van der Waals surface area (Å²) in [6.07, 6.45) is 2.30. The molecule has 0 fully saturated rings. The number of carbonyl (C=O) groups excluding carboxylic acids is 1. The second-order valence-corrected chi connectivity index (χ2v) is 4.12. The van der Waals surface area contributed by atoms with Crippen molar-refractivity contribution < 1.29 is 14.7 Å². The van der Waals surface area contributed by atoms with Gasteiger partial charge in [-0.1, -0.05) is 19.8 Å². The van der Waals surface area contributed by atoms with E-state index in [1.54, 1.807) is 13.8 Å². The Balaban J connectivity index is 4.64. The van der Waals surface area contributed by atoms with E-state index in [1.807, 2.05) is 6.92 Å². The van der Waals surface area contributed by atoms with Crippen molar-refractivity contribution >= 4 is 11.9 Å². The predicted molar refractivity (Wildman–Crippen MR) is 53.6 cm³/mol. The second-order valence-electron chi connectivity index (χ2n) is 4.12. The number of rotatable bonds is 6. The third-order valence-corrected chi connectivity index (χ3v) is 2.61. The van der Waals surface area contributed by atoms with Gasteiger partial charge < -0.3 is 10.8 Å². The molecule has 0 aliphatic heterocycles. The molecule has 0 aliphatic rings. The average Bonchev–Trinajstić information content (AvgIpc) is 2.03. The first kappa shape index (κ1) is 12.9. The van der Waals surface area contributed by atoms with Crippen molar-refractivity contribution in [2.75, 3.05) is 0 Å². The van der Waals surface area contributed by atoms with E-state index in [1.165, 1.54) is 0 Å². The van der Waals surface area contributed by atoms with Gasteiger partial charge in [0.25, 0.3) is 0 Å². The maximum atomic E-state index is 11.1. The molecule has 0 aromatic carbocycles. The van der Waals surface area contributed by atoms with E-state index in [9.17, 15) is 9.59 Å². The van der Waals surface area contributed by atoms with Crippen LogP contribution in [0.3, 0.4) is 0 Å². The first-order valence-electron chi connectivity index (χ1n) is 4.86.